The van der Waals surface area contributed by atoms with Crippen molar-refractivity contribution in [2.45, 2.75) is 52.1 Å². The number of hydrogen-bond donors (Lipinski definition) is 1. The summed E-state index contributed by atoms with van der Waals surface area (Å²) in [6.45, 7) is 6.42. The van der Waals surface area contributed by atoms with Gasteiger partial charge >= 0.3 is 0 Å². The first-order valence-corrected chi connectivity index (χ1v) is 7.59. The average Bonchev–Trinajstić information content (AvgIpc) is 2.40. The van der Waals surface area contributed by atoms with Crippen molar-refractivity contribution in [1.82, 2.24) is 9.88 Å². The molecule has 1 aromatic rings. The van der Waals surface area contributed by atoms with Gasteiger partial charge in [-0.1, -0.05) is 19.8 Å². The monoisotopic (exact) mass is 261 g/mol. The molecule has 1 aliphatic rings. The van der Waals surface area contributed by atoms with Crippen molar-refractivity contribution in [3.05, 3.63) is 24.0 Å². The van der Waals surface area contributed by atoms with Gasteiger partial charge in [0.25, 0.3) is 0 Å². The Balaban J connectivity index is 1.97. The van der Waals surface area contributed by atoms with Crippen LogP contribution in [0.15, 0.2) is 18.3 Å². The Morgan fingerprint density at radius 3 is 2.89 bits per heavy atom. The van der Waals surface area contributed by atoms with Gasteiger partial charge in [-0.2, -0.15) is 0 Å². The molecule has 2 unspecified atom stereocenters. The minimum atomic E-state index is 0.721. The van der Waals surface area contributed by atoms with Crippen LogP contribution in [0.5, 0.6) is 0 Å². The molecular formula is C16H27N3. The van der Waals surface area contributed by atoms with Crippen LogP contribution in [-0.4, -0.2) is 29.5 Å². The summed E-state index contributed by atoms with van der Waals surface area (Å²) in [4.78, 5) is 6.99. The van der Waals surface area contributed by atoms with Gasteiger partial charge in [-0.05, 0) is 44.9 Å². The molecular weight excluding hydrogens is 234 g/mol. The molecule has 0 aromatic carbocycles. The van der Waals surface area contributed by atoms with Gasteiger partial charge in [-0.3, -0.25) is 9.88 Å². The van der Waals surface area contributed by atoms with E-state index in [1.54, 1.807) is 0 Å². The number of rotatable bonds is 5. The van der Waals surface area contributed by atoms with Crippen molar-refractivity contribution >= 4 is 5.69 Å². The topological polar surface area (TPSA) is 28.2 Å². The molecule has 2 atom stereocenters. The molecule has 106 valence electrons. The molecule has 2 rings (SSSR count). The number of nitrogens with one attached hydrogen (secondary N) is 1. The van der Waals surface area contributed by atoms with Gasteiger partial charge in [-0.15, -0.1) is 0 Å². The lowest BCUT2D eigenvalue weighted by atomic mass is 9.85. The summed E-state index contributed by atoms with van der Waals surface area (Å²) >= 11 is 0. The molecule has 0 amide bonds. The van der Waals surface area contributed by atoms with E-state index in [1.165, 1.54) is 37.1 Å². The summed E-state index contributed by atoms with van der Waals surface area (Å²) in [6.07, 6.45) is 7.40. The highest BCUT2D eigenvalue weighted by molar-refractivity contribution is 5.42. The first-order chi connectivity index (χ1) is 9.20. The van der Waals surface area contributed by atoms with Crippen LogP contribution in [0, 0.1) is 5.92 Å². The average molecular weight is 261 g/mol. The number of nitrogens with zero attached hydrogens (tertiary/aromatic N) is 2. The molecule has 0 saturated heterocycles. The lowest BCUT2D eigenvalue weighted by molar-refractivity contribution is 0.132. The molecule has 0 aliphatic heterocycles. The Morgan fingerprint density at radius 2 is 2.16 bits per heavy atom. The second-order valence-electron chi connectivity index (χ2n) is 5.81. The van der Waals surface area contributed by atoms with Crippen LogP contribution in [-0.2, 0) is 6.54 Å². The van der Waals surface area contributed by atoms with Gasteiger partial charge in [0, 0.05) is 31.0 Å². The van der Waals surface area contributed by atoms with Crippen molar-refractivity contribution in [3.8, 4) is 0 Å². The summed E-state index contributed by atoms with van der Waals surface area (Å²) in [5.74, 6) is 0.815. The molecule has 3 nitrogen and oxygen atoms in total. The second-order valence-corrected chi connectivity index (χ2v) is 5.81. The summed E-state index contributed by atoms with van der Waals surface area (Å²) < 4.78 is 0. The van der Waals surface area contributed by atoms with Crippen LogP contribution in [0.4, 0.5) is 5.69 Å². The zero-order valence-corrected chi connectivity index (χ0v) is 12.5. The van der Waals surface area contributed by atoms with E-state index in [0.29, 0.717) is 0 Å². The van der Waals surface area contributed by atoms with Crippen LogP contribution in [0.25, 0.3) is 0 Å². The molecule has 19 heavy (non-hydrogen) atoms. The first-order valence-electron chi connectivity index (χ1n) is 7.59. The third kappa shape index (κ3) is 3.93. The fourth-order valence-electron chi connectivity index (χ4n) is 3.20. The number of pyridine rings is 1. The van der Waals surface area contributed by atoms with Crippen LogP contribution >= 0.6 is 0 Å². The van der Waals surface area contributed by atoms with Gasteiger partial charge in [0.2, 0.25) is 0 Å². The maximum absolute atomic E-state index is 4.50. The molecule has 1 aliphatic carbocycles. The lowest BCUT2D eigenvalue weighted by Crippen LogP contribution is -2.38. The standard InChI is InChI=1S/C16H27N3/c1-4-17-14-9-10-18-15(11-14)12-19(3)16-8-6-5-7-13(16)2/h9-11,13,16H,4-8,12H2,1-3H3,(H,17,18). The van der Waals surface area contributed by atoms with E-state index in [0.717, 1.165) is 25.0 Å². The Morgan fingerprint density at radius 1 is 1.37 bits per heavy atom. The Labute approximate surface area is 117 Å². The molecule has 3 heteroatoms. The highest BCUT2D eigenvalue weighted by atomic mass is 15.1. The Bertz CT molecular complexity index is 391. The van der Waals surface area contributed by atoms with E-state index in [-0.39, 0.29) is 0 Å². The van der Waals surface area contributed by atoms with Crippen molar-refractivity contribution in [1.29, 1.82) is 0 Å². The highest BCUT2D eigenvalue weighted by Crippen LogP contribution is 2.28. The van der Waals surface area contributed by atoms with Crippen LogP contribution in [0.2, 0.25) is 0 Å². The third-order valence-corrected chi connectivity index (χ3v) is 4.24. The van der Waals surface area contributed by atoms with E-state index < -0.39 is 0 Å². The Hall–Kier alpha value is -1.09. The number of aromatic nitrogens is 1. The zero-order valence-electron chi connectivity index (χ0n) is 12.5. The fraction of sp³-hybridized carbons (Fsp3) is 0.688. The first kappa shape index (κ1) is 14.3. The molecule has 1 aromatic heterocycles. The minimum Gasteiger partial charge on any atom is -0.385 e. The smallest absolute Gasteiger partial charge is 0.0564 e. The Kier molecular flexibility index (Phi) is 5.20. The molecule has 1 heterocycles. The largest absolute Gasteiger partial charge is 0.385 e. The zero-order chi connectivity index (χ0) is 13.7. The third-order valence-electron chi connectivity index (χ3n) is 4.24. The van der Waals surface area contributed by atoms with Gasteiger partial charge < -0.3 is 5.32 Å². The summed E-state index contributed by atoms with van der Waals surface area (Å²) in [7, 11) is 2.24. The quantitative estimate of drug-likeness (QED) is 0.879. The van der Waals surface area contributed by atoms with Crippen molar-refractivity contribution < 1.29 is 0 Å². The molecule has 1 N–H and O–H groups in total. The van der Waals surface area contributed by atoms with Crippen molar-refractivity contribution in [2.75, 3.05) is 18.9 Å². The van der Waals surface area contributed by atoms with Gasteiger partial charge in [0.05, 0.1) is 5.69 Å². The van der Waals surface area contributed by atoms with Crippen molar-refractivity contribution in [2.24, 2.45) is 5.92 Å². The maximum Gasteiger partial charge on any atom is 0.0564 e. The predicted octanol–water partition coefficient (Wildman–Crippen LogP) is 3.52. The van der Waals surface area contributed by atoms with E-state index in [1.807, 2.05) is 12.3 Å². The number of anilines is 1. The second kappa shape index (κ2) is 6.90. The molecule has 1 fully saturated rings. The van der Waals surface area contributed by atoms with Gasteiger partial charge in [0.15, 0.2) is 0 Å². The summed E-state index contributed by atoms with van der Waals surface area (Å²) in [5.41, 5.74) is 2.34. The molecule has 0 spiro atoms. The van der Waals surface area contributed by atoms with E-state index in [9.17, 15) is 0 Å². The summed E-state index contributed by atoms with van der Waals surface area (Å²) in [5, 5.41) is 3.35. The maximum atomic E-state index is 4.50. The predicted molar refractivity (Wildman–Crippen MR) is 81.3 cm³/mol. The van der Waals surface area contributed by atoms with Crippen LogP contribution in [0.3, 0.4) is 0 Å². The van der Waals surface area contributed by atoms with Crippen LogP contribution in [0.1, 0.15) is 45.2 Å². The normalized spacial score (nSPS) is 23.6. The molecule has 1 saturated carbocycles. The van der Waals surface area contributed by atoms with Gasteiger partial charge in [0.1, 0.15) is 0 Å². The van der Waals surface area contributed by atoms with Gasteiger partial charge in [-0.25, -0.2) is 0 Å². The van der Waals surface area contributed by atoms with Crippen molar-refractivity contribution in [3.63, 3.8) is 0 Å². The van der Waals surface area contributed by atoms with E-state index in [2.05, 4.69) is 42.2 Å². The highest BCUT2D eigenvalue weighted by Gasteiger charge is 2.24. The molecule has 0 bridgehead atoms. The lowest BCUT2D eigenvalue weighted by Gasteiger charge is -2.36. The SMILES string of the molecule is CCNc1ccnc(CN(C)C2CCCCC2C)c1. The minimum absolute atomic E-state index is 0.721. The molecule has 0 radical (unpaired) electrons. The van der Waals surface area contributed by atoms with Crippen LogP contribution < -0.4 is 5.32 Å². The van der Waals surface area contributed by atoms with E-state index in [4.69, 9.17) is 0 Å². The number of hydrogen-bond acceptors (Lipinski definition) is 3. The fourth-order valence-corrected chi connectivity index (χ4v) is 3.20. The van der Waals surface area contributed by atoms with E-state index >= 15 is 0 Å². The summed E-state index contributed by atoms with van der Waals surface area (Å²) in [6, 6.07) is 4.93.